The molecule has 1 saturated carbocycles. The highest BCUT2D eigenvalue weighted by atomic mass is 127. The fraction of sp³-hybridized carbons (Fsp3) is 0.750. The van der Waals surface area contributed by atoms with E-state index in [4.69, 9.17) is 0 Å². The first-order valence-electron chi connectivity index (χ1n) is 5.36. The maximum Gasteiger partial charge on any atom is 0.136 e. The predicted octanol–water partition coefficient (Wildman–Crippen LogP) is 2.59. The second-order valence-corrected chi connectivity index (χ2v) is 5.47. The lowest BCUT2D eigenvalue weighted by Gasteiger charge is -2.35. The van der Waals surface area contributed by atoms with E-state index in [-0.39, 0.29) is 23.7 Å². The van der Waals surface area contributed by atoms with Gasteiger partial charge in [-0.05, 0) is 31.6 Å². The molecule has 0 spiro atoms. The molecule has 3 heteroatoms. The summed E-state index contributed by atoms with van der Waals surface area (Å²) in [6.07, 6.45) is 3.40. The van der Waals surface area contributed by atoms with E-state index in [0.29, 0.717) is 4.43 Å². The van der Waals surface area contributed by atoms with Gasteiger partial charge >= 0.3 is 0 Å². The van der Waals surface area contributed by atoms with Crippen LogP contribution >= 0.6 is 22.6 Å². The smallest absolute Gasteiger partial charge is 0.136 e. The highest BCUT2D eigenvalue weighted by Crippen LogP contribution is 2.50. The van der Waals surface area contributed by atoms with E-state index in [0.717, 1.165) is 12.8 Å². The summed E-state index contributed by atoms with van der Waals surface area (Å²) < 4.78 is 0.690. The van der Waals surface area contributed by atoms with E-state index < -0.39 is 5.41 Å². The minimum absolute atomic E-state index is 0.0925. The van der Waals surface area contributed by atoms with Crippen molar-refractivity contribution < 1.29 is 9.90 Å². The molecule has 1 N–H and O–H groups in total. The van der Waals surface area contributed by atoms with Gasteiger partial charge in [0.2, 0.25) is 0 Å². The van der Waals surface area contributed by atoms with Gasteiger partial charge in [-0.2, -0.15) is 0 Å². The van der Waals surface area contributed by atoms with Gasteiger partial charge in [-0.15, -0.1) is 6.58 Å². The quantitative estimate of drug-likeness (QED) is 0.491. The molecule has 0 aliphatic heterocycles. The van der Waals surface area contributed by atoms with E-state index in [1.54, 1.807) is 6.92 Å². The molecule has 0 saturated heterocycles. The number of hydrogen-bond acceptors (Lipinski definition) is 2. The Morgan fingerprint density at radius 2 is 2.33 bits per heavy atom. The van der Waals surface area contributed by atoms with Crippen molar-refractivity contribution in [2.24, 2.45) is 17.3 Å². The molecule has 4 atom stereocenters. The number of hydrogen-bond donors (Lipinski definition) is 1. The molecule has 1 rings (SSSR count). The van der Waals surface area contributed by atoms with Crippen molar-refractivity contribution in [3.05, 3.63) is 12.7 Å². The summed E-state index contributed by atoms with van der Waals surface area (Å²) in [6, 6.07) is 0. The highest BCUT2D eigenvalue weighted by molar-refractivity contribution is 14.1. The number of halogens is 1. The van der Waals surface area contributed by atoms with Crippen LogP contribution in [0.2, 0.25) is 0 Å². The number of carbonyl (C=O) groups excluding carboxylic acids is 1. The molecule has 1 aliphatic carbocycles. The molecule has 0 heterocycles. The SMILES string of the molecule is C=C[C@H]1CCC([C@@H](O)CI)[C@]1(C)C(C)=O. The number of rotatable bonds is 4. The molecule has 1 aliphatic rings. The molecule has 2 nitrogen and oxygen atoms in total. The van der Waals surface area contributed by atoms with Gasteiger partial charge in [0.1, 0.15) is 5.78 Å². The zero-order chi connectivity index (χ0) is 11.6. The van der Waals surface area contributed by atoms with Crippen LogP contribution in [-0.2, 0) is 4.79 Å². The summed E-state index contributed by atoms with van der Waals surface area (Å²) in [6.45, 7) is 7.42. The minimum atomic E-state index is -0.410. The molecule has 0 bridgehead atoms. The average molecular weight is 322 g/mol. The normalized spacial score (nSPS) is 37.6. The van der Waals surface area contributed by atoms with Crippen LogP contribution in [0.25, 0.3) is 0 Å². The van der Waals surface area contributed by atoms with Gasteiger partial charge < -0.3 is 5.11 Å². The van der Waals surface area contributed by atoms with Gasteiger partial charge in [0, 0.05) is 9.84 Å². The van der Waals surface area contributed by atoms with Crippen LogP contribution in [0.3, 0.4) is 0 Å². The molecule has 0 aromatic heterocycles. The predicted molar refractivity (Wildman–Crippen MR) is 70.1 cm³/mol. The first-order valence-corrected chi connectivity index (χ1v) is 6.88. The molecule has 15 heavy (non-hydrogen) atoms. The Bertz CT molecular complexity index is 264. The second-order valence-electron chi connectivity index (χ2n) is 4.59. The van der Waals surface area contributed by atoms with Crippen LogP contribution in [0.4, 0.5) is 0 Å². The van der Waals surface area contributed by atoms with Gasteiger partial charge in [0.05, 0.1) is 6.10 Å². The van der Waals surface area contributed by atoms with Crippen molar-refractivity contribution in [1.82, 2.24) is 0 Å². The Kier molecular flexibility index (Phi) is 4.35. The average Bonchev–Trinajstić information content (AvgIpc) is 2.55. The van der Waals surface area contributed by atoms with Crippen molar-refractivity contribution in [2.45, 2.75) is 32.8 Å². The first-order chi connectivity index (χ1) is 6.98. The Hall–Kier alpha value is 0.100. The third-order valence-electron chi connectivity index (χ3n) is 3.99. The maximum atomic E-state index is 11.8. The van der Waals surface area contributed by atoms with Gasteiger partial charge in [0.25, 0.3) is 0 Å². The number of aliphatic hydroxyl groups is 1. The monoisotopic (exact) mass is 322 g/mol. The molecular weight excluding hydrogens is 303 g/mol. The summed E-state index contributed by atoms with van der Waals surface area (Å²) >= 11 is 2.18. The molecule has 0 radical (unpaired) electrons. The Balaban J connectivity index is 3.00. The number of carbonyl (C=O) groups is 1. The van der Waals surface area contributed by atoms with E-state index in [1.165, 1.54) is 0 Å². The van der Waals surface area contributed by atoms with Gasteiger partial charge in [-0.1, -0.05) is 35.6 Å². The Morgan fingerprint density at radius 1 is 1.73 bits per heavy atom. The van der Waals surface area contributed by atoms with E-state index in [9.17, 15) is 9.90 Å². The zero-order valence-corrected chi connectivity index (χ0v) is 11.5. The van der Waals surface area contributed by atoms with Crippen LogP contribution in [0.1, 0.15) is 26.7 Å². The summed E-state index contributed by atoms with van der Waals surface area (Å²) in [5.74, 6) is 0.492. The summed E-state index contributed by atoms with van der Waals surface area (Å²) in [5.41, 5.74) is -0.410. The van der Waals surface area contributed by atoms with E-state index in [1.807, 2.05) is 13.0 Å². The third-order valence-corrected chi connectivity index (χ3v) is 4.90. The molecule has 0 aromatic carbocycles. The lowest BCUT2D eigenvalue weighted by atomic mass is 9.69. The second kappa shape index (κ2) is 4.95. The summed E-state index contributed by atoms with van der Waals surface area (Å²) in [7, 11) is 0. The Labute approximate surface area is 105 Å². The molecule has 1 unspecified atom stereocenters. The van der Waals surface area contributed by atoms with Crippen molar-refractivity contribution in [3.8, 4) is 0 Å². The summed E-state index contributed by atoms with van der Waals surface area (Å²) in [5, 5.41) is 9.96. The molecule has 0 amide bonds. The maximum absolute atomic E-state index is 11.8. The van der Waals surface area contributed by atoms with E-state index in [2.05, 4.69) is 29.2 Å². The van der Waals surface area contributed by atoms with Crippen LogP contribution in [0.5, 0.6) is 0 Å². The van der Waals surface area contributed by atoms with Crippen molar-refractivity contribution in [3.63, 3.8) is 0 Å². The third kappa shape index (κ3) is 2.13. The van der Waals surface area contributed by atoms with Crippen LogP contribution < -0.4 is 0 Å². The molecule has 1 fully saturated rings. The minimum Gasteiger partial charge on any atom is -0.392 e. The summed E-state index contributed by atoms with van der Waals surface area (Å²) in [4.78, 5) is 11.8. The number of aliphatic hydroxyl groups excluding tert-OH is 1. The van der Waals surface area contributed by atoms with Crippen LogP contribution in [0, 0.1) is 17.3 Å². The Morgan fingerprint density at radius 3 is 2.73 bits per heavy atom. The number of alkyl halides is 1. The topological polar surface area (TPSA) is 37.3 Å². The van der Waals surface area contributed by atoms with Crippen LogP contribution in [0.15, 0.2) is 12.7 Å². The fourth-order valence-corrected chi connectivity index (χ4v) is 3.43. The number of Topliss-reactive ketones (excluding diaryl/α,β-unsaturated/α-hetero) is 1. The standard InChI is InChI=1S/C12H19IO2/c1-4-9-5-6-10(11(15)7-13)12(9,3)8(2)14/h4,9-11,15H,1,5-7H2,2-3H3/t9-,10?,11-,12+/m0/s1. The lowest BCUT2D eigenvalue weighted by Crippen LogP contribution is -2.41. The molecular formula is C12H19IO2. The van der Waals surface area contributed by atoms with Gasteiger partial charge in [-0.25, -0.2) is 0 Å². The largest absolute Gasteiger partial charge is 0.392 e. The lowest BCUT2D eigenvalue weighted by molar-refractivity contribution is -0.131. The fourth-order valence-electron chi connectivity index (χ4n) is 2.82. The van der Waals surface area contributed by atoms with Crippen molar-refractivity contribution in [1.29, 1.82) is 0 Å². The molecule has 0 aromatic rings. The van der Waals surface area contributed by atoms with Crippen LogP contribution in [-0.4, -0.2) is 21.4 Å². The van der Waals surface area contributed by atoms with Crippen molar-refractivity contribution >= 4 is 28.4 Å². The number of allylic oxidation sites excluding steroid dienone is 1. The van der Waals surface area contributed by atoms with Gasteiger partial charge in [-0.3, -0.25) is 4.79 Å². The highest BCUT2D eigenvalue weighted by Gasteiger charge is 2.50. The zero-order valence-electron chi connectivity index (χ0n) is 9.37. The molecule has 86 valence electrons. The van der Waals surface area contributed by atoms with E-state index >= 15 is 0 Å². The first kappa shape index (κ1) is 13.2. The number of ketones is 1. The van der Waals surface area contributed by atoms with Gasteiger partial charge in [0.15, 0.2) is 0 Å². The van der Waals surface area contributed by atoms with Crippen molar-refractivity contribution in [2.75, 3.05) is 4.43 Å².